The Kier molecular flexibility index (Phi) is 7.62. The van der Waals surface area contributed by atoms with Crippen molar-refractivity contribution in [3.05, 3.63) is 24.0 Å². The highest BCUT2D eigenvalue weighted by atomic mass is 19.3. The summed E-state index contributed by atoms with van der Waals surface area (Å²) in [6.07, 6.45) is -2.55. The zero-order valence-electron chi connectivity index (χ0n) is 23.0. The van der Waals surface area contributed by atoms with Gasteiger partial charge in [0.2, 0.25) is 17.8 Å². The molecule has 0 saturated carbocycles. The van der Waals surface area contributed by atoms with Gasteiger partial charge < -0.3 is 29.7 Å². The Morgan fingerprint density at radius 3 is 2.50 bits per heavy atom. The number of amides is 1. The van der Waals surface area contributed by atoms with E-state index in [1.54, 1.807) is 18.2 Å². The van der Waals surface area contributed by atoms with Crippen LogP contribution in [0.1, 0.15) is 45.9 Å². The summed E-state index contributed by atoms with van der Waals surface area (Å²) in [7, 11) is 1.45. The first-order chi connectivity index (χ1) is 19.1. The number of aromatic nitrogens is 5. The van der Waals surface area contributed by atoms with E-state index in [0.29, 0.717) is 62.9 Å². The molecular weight excluding hydrogens is 526 g/mol. The maximum atomic E-state index is 14.3. The minimum atomic E-state index is -2.91. The van der Waals surface area contributed by atoms with Crippen LogP contribution in [0.3, 0.4) is 0 Å². The first-order valence-electron chi connectivity index (χ1n) is 13.3. The van der Waals surface area contributed by atoms with Crippen molar-refractivity contribution in [1.82, 2.24) is 29.4 Å². The van der Waals surface area contributed by atoms with Gasteiger partial charge in [0.1, 0.15) is 11.3 Å². The van der Waals surface area contributed by atoms with Gasteiger partial charge in [-0.15, -0.1) is 0 Å². The molecule has 2 aliphatic heterocycles. The minimum Gasteiger partial charge on any atom is -0.494 e. The molecule has 2 fully saturated rings. The molecule has 2 atom stereocenters. The molecule has 2 N–H and O–H groups in total. The average molecular weight is 561 g/mol. The van der Waals surface area contributed by atoms with Gasteiger partial charge in [0.15, 0.2) is 5.82 Å². The fourth-order valence-electron chi connectivity index (χ4n) is 5.63. The zero-order chi connectivity index (χ0) is 28.6. The molecule has 12 nitrogen and oxygen atoms in total. The van der Waals surface area contributed by atoms with E-state index in [0.717, 1.165) is 0 Å². The summed E-state index contributed by atoms with van der Waals surface area (Å²) in [5.41, 5.74) is 0.238. The van der Waals surface area contributed by atoms with E-state index in [1.165, 1.54) is 16.6 Å². The molecule has 14 heteroatoms. The number of nitrogens with one attached hydrogen (secondary N) is 1. The van der Waals surface area contributed by atoms with Crippen LogP contribution in [-0.2, 0) is 4.74 Å². The normalized spacial score (nSPS) is 20.3. The number of para-hydroxylation sites is 1. The number of carbonyl (C=O) groups is 1. The number of halogens is 2. The molecule has 2 saturated heterocycles. The van der Waals surface area contributed by atoms with Crippen LogP contribution in [0.5, 0.6) is 5.75 Å². The Bertz CT molecular complexity index is 1370. The second kappa shape index (κ2) is 11.0. The van der Waals surface area contributed by atoms with Gasteiger partial charge in [-0.2, -0.15) is 15.0 Å². The molecule has 2 aliphatic rings. The Morgan fingerprint density at radius 1 is 1.12 bits per heavy atom. The van der Waals surface area contributed by atoms with Crippen molar-refractivity contribution < 1.29 is 28.2 Å². The number of alkyl halides is 2. The summed E-state index contributed by atoms with van der Waals surface area (Å²) in [6.45, 7) is 8.38. The standard InChI is InChI=1S/C26H34F2N8O4/c1-26(2,3)19-15(7-6-10-35(19)25(37)38)29-22-31-23(34-11-13-40-14-12-34)33-24(32-22)36-16-8-5-9-17(39-4)18(16)30-21(36)20(27)28/h5,8-9,15,19-20H,6-7,10-14H2,1-4H3,(H,37,38)(H,29,31,32,33)/t15-,19?/m1/s1. The van der Waals surface area contributed by atoms with E-state index in [-0.39, 0.29) is 34.9 Å². The Hall–Kier alpha value is -3.81. The van der Waals surface area contributed by atoms with Crippen molar-refractivity contribution >= 4 is 29.0 Å². The van der Waals surface area contributed by atoms with Gasteiger partial charge in [-0.3, -0.25) is 4.57 Å². The molecule has 216 valence electrons. The number of nitrogens with zero attached hydrogens (tertiary/aromatic N) is 7. The van der Waals surface area contributed by atoms with Crippen molar-refractivity contribution in [2.75, 3.05) is 50.2 Å². The number of anilines is 2. The van der Waals surface area contributed by atoms with Crippen LogP contribution >= 0.6 is 0 Å². The van der Waals surface area contributed by atoms with Crippen molar-refractivity contribution in [2.45, 2.75) is 52.1 Å². The number of piperidine rings is 1. The third kappa shape index (κ3) is 5.31. The Morgan fingerprint density at radius 2 is 1.85 bits per heavy atom. The summed E-state index contributed by atoms with van der Waals surface area (Å²) in [5.74, 6) is 0.278. The minimum absolute atomic E-state index is 0.0248. The fraction of sp³-hybridized carbons (Fsp3) is 0.577. The molecule has 0 spiro atoms. The number of fused-ring (bicyclic) bond motifs is 1. The van der Waals surface area contributed by atoms with Crippen LogP contribution < -0.4 is 15.0 Å². The lowest BCUT2D eigenvalue weighted by atomic mass is 9.77. The summed E-state index contributed by atoms with van der Waals surface area (Å²) < 4.78 is 40.7. The van der Waals surface area contributed by atoms with Gasteiger partial charge in [0, 0.05) is 19.6 Å². The molecule has 2 aromatic heterocycles. The molecule has 4 heterocycles. The third-order valence-electron chi connectivity index (χ3n) is 7.27. The van der Waals surface area contributed by atoms with Crippen LogP contribution in [0, 0.1) is 5.41 Å². The number of methoxy groups -OCH3 is 1. The van der Waals surface area contributed by atoms with E-state index in [1.807, 2.05) is 25.7 Å². The van der Waals surface area contributed by atoms with E-state index < -0.39 is 18.3 Å². The van der Waals surface area contributed by atoms with E-state index >= 15 is 0 Å². The molecule has 1 amide bonds. The molecule has 1 unspecified atom stereocenters. The average Bonchev–Trinajstić information content (AvgIpc) is 3.33. The van der Waals surface area contributed by atoms with Gasteiger partial charge in [-0.25, -0.2) is 18.6 Å². The number of rotatable bonds is 6. The molecular formula is C26H34F2N8O4. The predicted molar refractivity (Wildman–Crippen MR) is 144 cm³/mol. The van der Waals surface area contributed by atoms with Crippen molar-refractivity contribution in [3.63, 3.8) is 0 Å². The van der Waals surface area contributed by atoms with Gasteiger partial charge in [0.25, 0.3) is 6.43 Å². The second-order valence-electron chi connectivity index (χ2n) is 11.0. The maximum Gasteiger partial charge on any atom is 0.407 e. The first-order valence-corrected chi connectivity index (χ1v) is 13.3. The zero-order valence-corrected chi connectivity index (χ0v) is 23.0. The van der Waals surface area contributed by atoms with Gasteiger partial charge in [-0.1, -0.05) is 26.8 Å². The number of morpholine rings is 1. The van der Waals surface area contributed by atoms with Crippen LogP contribution in [0.4, 0.5) is 25.5 Å². The molecule has 5 rings (SSSR count). The van der Waals surface area contributed by atoms with Crippen LogP contribution in [0.25, 0.3) is 17.0 Å². The van der Waals surface area contributed by atoms with Crippen molar-refractivity contribution in [1.29, 1.82) is 0 Å². The quantitative estimate of drug-likeness (QED) is 0.457. The Balaban J connectivity index is 1.64. The highest BCUT2D eigenvalue weighted by Gasteiger charge is 2.42. The molecule has 40 heavy (non-hydrogen) atoms. The lowest BCUT2D eigenvalue weighted by Crippen LogP contribution is -2.59. The number of imidazole rings is 1. The van der Waals surface area contributed by atoms with Gasteiger partial charge in [0.05, 0.1) is 37.9 Å². The fourth-order valence-corrected chi connectivity index (χ4v) is 5.63. The topological polar surface area (TPSA) is 131 Å². The number of hydrogen-bond acceptors (Lipinski definition) is 9. The molecule has 0 aliphatic carbocycles. The highest BCUT2D eigenvalue weighted by molar-refractivity contribution is 5.84. The highest BCUT2D eigenvalue weighted by Crippen LogP contribution is 2.35. The summed E-state index contributed by atoms with van der Waals surface area (Å²) in [6, 6.07) is 4.31. The van der Waals surface area contributed by atoms with Crippen molar-refractivity contribution in [3.8, 4) is 11.7 Å². The number of ether oxygens (including phenoxy) is 2. The molecule has 0 radical (unpaired) electrons. The summed E-state index contributed by atoms with van der Waals surface area (Å²) >= 11 is 0. The van der Waals surface area contributed by atoms with Crippen molar-refractivity contribution in [2.24, 2.45) is 5.41 Å². The number of benzene rings is 1. The third-order valence-corrected chi connectivity index (χ3v) is 7.27. The van der Waals surface area contributed by atoms with Gasteiger partial charge in [-0.05, 0) is 30.4 Å². The number of hydrogen-bond donors (Lipinski definition) is 2. The first kappa shape index (κ1) is 27.7. The van der Waals surface area contributed by atoms with Crippen LogP contribution in [0.15, 0.2) is 18.2 Å². The predicted octanol–water partition coefficient (Wildman–Crippen LogP) is 3.96. The molecule has 0 bridgehead atoms. The van der Waals surface area contributed by atoms with E-state index in [9.17, 15) is 18.7 Å². The lowest BCUT2D eigenvalue weighted by molar-refractivity contribution is 0.0517. The lowest BCUT2D eigenvalue weighted by Gasteiger charge is -2.46. The molecule has 3 aromatic rings. The largest absolute Gasteiger partial charge is 0.494 e. The smallest absolute Gasteiger partial charge is 0.407 e. The van der Waals surface area contributed by atoms with Crippen LogP contribution in [0.2, 0.25) is 0 Å². The Labute approximate surface area is 230 Å². The van der Waals surface area contributed by atoms with Crippen LogP contribution in [-0.4, -0.2) is 92.6 Å². The monoisotopic (exact) mass is 560 g/mol. The number of likely N-dealkylation sites (tertiary alicyclic amines) is 1. The SMILES string of the molecule is COc1cccc2c1nc(C(F)F)n2-c1nc(N[C@@H]2CCCN(C(=O)O)C2C(C)(C)C)nc(N2CCOCC2)n1. The second-order valence-corrected chi connectivity index (χ2v) is 11.0. The molecule has 1 aromatic carbocycles. The summed E-state index contributed by atoms with van der Waals surface area (Å²) in [5, 5.41) is 13.3. The maximum absolute atomic E-state index is 14.3. The van der Waals surface area contributed by atoms with E-state index in [2.05, 4.69) is 25.3 Å². The summed E-state index contributed by atoms with van der Waals surface area (Å²) in [4.78, 5) is 33.5. The van der Waals surface area contributed by atoms with Gasteiger partial charge >= 0.3 is 6.09 Å². The van der Waals surface area contributed by atoms with E-state index in [4.69, 9.17) is 9.47 Å². The number of carboxylic acid groups (broad SMARTS) is 1.